The van der Waals surface area contributed by atoms with Gasteiger partial charge < -0.3 is 5.32 Å². The summed E-state index contributed by atoms with van der Waals surface area (Å²) in [5, 5.41) is 4.42. The lowest BCUT2D eigenvalue weighted by molar-refractivity contribution is -0.157. The highest BCUT2D eigenvalue weighted by atomic mass is 19.4. The van der Waals surface area contributed by atoms with Gasteiger partial charge in [-0.15, -0.1) is 0 Å². The van der Waals surface area contributed by atoms with Crippen LogP contribution in [-0.4, -0.2) is 18.6 Å². The molecule has 98 valence electrons. The Labute approximate surface area is 100 Å². The molecule has 1 aromatic carbocycles. The summed E-state index contributed by atoms with van der Waals surface area (Å²) in [6.45, 7) is 0.784. The zero-order chi connectivity index (χ0) is 13.5. The summed E-state index contributed by atoms with van der Waals surface area (Å²) in [4.78, 5) is 11.3. The number of fused-ring (bicyclic) bond motifs is 1. The number of benzene rings is 1. The number of halogens is 4. The van der Waals surface area contributed by atoms with Crippen LogP contribution in [0, 0.1) is 12.7 Å². The van der Waals surface area contributed by atoms with Gasteiger partial charge >= 0.3 is 6.18 Å². The van der Waals surface area contributed by atoms with Gasteiger partial charge in [0.2, 0.25) is 5.91 Å². The minimum atomic E-state index is -4.60. The van der Waals surface area contributed by atoms with Crippen molar-refractivity contribution in [3.63, 3.8) is 0 Å². The minimum Gasteiger partial charge on any atom is -0.325 e. The summed E-state index contributed by atoms with van der Waals surface area (Å²) in [7, 11) is 0. The van der Waals surface area contributed by atoms with Gasteiger partial charge in [0.15, 0.2) is 0 Å². The molecule has 0 spiro atoms. The van der Waals surface area contributed by atoms with Gasteiger partial charge in [0, 0.05) is 11.3 Å². The largest absolute Gasteiger partial charge is 0.408 e. The van der Waals surface area contributed by atoms with Gasteiger partial charge in [-0.25, -0.2) is 4.39 Å². The summed E-state index contributed by atoms with van der Waals surface area (Å²) in [5.41, 5.74) is -0.399. The smallest absolute Gasteiger partial charge is 0.325 e. The molecule has 0 radical (unpaired) electrons. The molecule has 18 heavy (non-hydrogen) atoms. The molecule has 0 bridgehead atoms. The van der Waals surface area contributed by atoms with Crippen LogP contribution in [0.5, 0.6) is 0 Å². The van der Waals surface area contributed by atoms with E-state index in [1.807, 2.05) is 0 Å². The van der Waals surface area contributed by atoms with E-state index in [9.17, 15) is 22.4 Å². The minimum absolute atomic E-state index is 0.00812. The van der Waals surface area contributed by atoms with E-state index in [4.69, 9.17) is 0 Å². The van der Waals surface area contributed by atoms with E-state index in [1.54, 1.807) is 0 Å². The monoisotopic (exact) mass is 262 g/mol. The Morgan fingerprint density at radius 3 is 2.61 bits per heavy atom. The fourth-order valence-electron chi connectivity index (χ4n) is 1.95. The van der Waals surface area contributed by atoms with E-state index >= 15 is 0 Å². The second-order valence-corrected chi connectivity index (χ2v) is 4.04. The Hall–Kier alpha value is -1.63. The van der Waals surface area contributed by atoms with E-state index in [0.29, 0.717) is 0 Å². The first-order chi connectivity index (χ1) is 8.30. The van der Waals surface area contributed by atoms with Crippen LogP contribution < -0.4 is 10.6 Å². The van der Waals surface area contributed by atoms with E-state index in [-0.39, 0.29) is 16.8 Å². The number of nitrogens with one attached hydrogen (secondary N) is 2. The molecule has 1 heterocycles. The third-order valence-corrected chi connectivity index (χ3v) is 2.81. The van der Waals surface area contributed by atoms with Gasteiger partial charge in [0.05, 0.1) is 6.54 Å². The normalized spacial score (nSPS) is 20.1. The molecule has 1 aliphatic heterocycles. The molecule has 0 saturated heterocycles. The van der Waals surface area contributed by atoms with E-state index < -0.39 is 30.5 Å². The number of alkyl halides is 3. The number of hydrogen-bond donors (Lipinski definition) is 2. The average Bonchev–Trinajstić information content (AvgIpc) is 2.42. The number of amides is 1. The molecule has 1 aliphatic rings. The Morgan fingerprint density at radius 1 is 1.33 bits per heavy atom. The summed E-state index contributed by atoms with van der Waals surface area (Å²) >= 11 is 0. The number of rotatable bonds is 0. The van der Waals surface area contributed by atoms with Crippen molar-refractivity contribution in [2.75, 3.05) is 11.9 Å². The van der Waals surface area contributed by atoms with Gasteiger partial charge in [-0.2, -0.15) is 13.2 Å². The van der Waals surface area contributed by atoms with Crippen molar-refractivity contribution in [3.8, 4) is 0 Å². The molecule has 0 fully saturated rings. The first-order valence-electron chi connectivity index (χ1n) is 5.19. The lowest BCUT2D eigenvalue weighted by atomic mass is 9.98. The predicted octanol–water partition coefficient (Wildman–Crippen LogP) is 2.28. The van der Waals surface area contributed by atoms with Crippen molar-refractivity contribution in [2.24, 2.45) is 0 Å². The van der Waals surface area contributed by atoms with Crippen LogP contribution in [0.25, 0.3) is 0 Å². The lowest BCUT2D eigenvalue weighted by Gasteiger charge is -2.22. The molecule has 2 N–H and O–H groups in total. The summed E-state index contributed by atoms with van der Waals surface area (Å²) in [6.07, 6.45) is -4.60. The van der Waals surface area contributed by atoms with Gasteiger partial charge in [-0.05, 0) is 24.6 Å². The van der Waals surface area contributed by atoms with Gasteiger partial charge in [0.1, 0.15) is 11.9 Å². The number of carbonyl (C=O) groups excluding carboxylic acids is 1. The van der Waals surface area contributed by atoms with Crippen LogP contribution in [-0.2, 0) is 4.79 Å². The summed E-state index contributed by atoms with van der Waals surface area (Å²) in [5.74, 6) is -1.32. The van der Waals surface area contributed by atoms with Crippen LogP contribution in [0.3, 0.4) is 0 Å². The molecule has 3 nitrogen and oxygen atoms in total. The fourth-order valence-corrected chi connectivity index (χ4v) is 1.95. The summed E-state index contributed by atoms with van der Waals surface area (Å²) < 4.78 is 52.1. The van der Waals surface area contributed by atoms with Crippen LogP contribution >= 0.6 is 0 Å². The van der Waals surface area contributed by atoms with Crippen LogP contribution in [0.15, 0.2) is 12.1 Å². The second kappa shape index (κ2) is 4.24. The fraction of sp³-hybridized carbons (Fsp3) is 0.364. The van der Waals surface area contributed by atoms with Crippen molar-refractivity contribution < 1.29 is 22.4 Å². The van der Waals surface area contributed by atoms with E-state index in [0.717, 1.165) is 12.1 Å². The standard InChI is InChI=1S/C11H10F4N2O/c1-5-6(12)2-3-7-9(5)10(11(13,14)15)16-4-8(18)17-7/h2-3,10,16H,4H2,1H3,(H,17,18). The van der Waals surface area contributed by atoms with E-state index in [1.165, 1.54) is 6.92 Å². The van der Waals surface area contributed by atoms with Crippen molar-refractivity contribution in [2.45, 2.75) is 19.1 Å². The highest BCUT2D eigenvalue weighted by Gasteiger charge is 2.44. The Bertz CT molecular complexity index is 499. The molecular formula is C11H10F4N2O. The molecular weight excluding hydrogens is 252 g/mol. The molecule has 1 amide bonds. The van der Waals surface area contributed by atoms with Gasteiger partial charge in [-0.1, -0.05) is 0 Å². The zero-order valence-corrected chi connectivity index (χ0v) is 9.36. The number of carbonyl (C=O) groups is 1. The first-order valence-corrected chi connectivity index (χ1v) is 5.19. The highest BCUT2D eigenvalue weighted by molar-refractivity contribution is 5.94. The summed E-state index contributed by atoms with van der Waals surface area (Å²) in [6, 6.07) is 0.122. The average molecular weight is 262 g/mol. The quantitative estimate of drug-likeness (QED) is 0.704. The zero-order valence-electron chi connectivity index (χ0n) is 9.36. The Kier molecular flexibility index (Phi) is 3.02. The molecule has 1 aromatic rings. The maximum atomic E-state index is 13.4. The molecule has 0 aliphatic carbocycles. The third kappa shape index (κ3) is 2.17. The third-order valence-electron chi connectivity index (χ3n) is 2.81. The Balaban J connectivity index is 2.62. The van der Waals surface area contributed by atoms with Crippen LogP contribution in [0.2, 0.25) is 0 Å². The van der Waals surface area contributed by atoms with Crippen molar-refractivity contribution in [1.82, 2.24) is 5.32 Å². The van der Waals surface area contributed by atoms with Gasteiger partial charge in [-0.3, -0.25) is 10.1 Å². The van der Waals surface area contributed by atoms with Crippen molar-refractivity contribution >= 4 is 11.6 Å². The first kappa shape index (κ1) is 12.8. The molecule has 1 unspecified atom stereocenters. The lowest BCUT2D eigenvalue weighted by Crippen LogP contribution is -2.36. The topological polar surface area (TPSA) is 41.1 Å². The molecule has 0 saturated carbocycles. The number of anilines is 1. The van der Waals surface area contributed by atoms with Gasteiger partial charge in [0.25, 0.3) is 0 Å². The highest BCUT2D eigenvalue weighted by Crippen LogP contribution is 2.39. The SMILES string of the molecule is Cc1c(F)ccc2c1C(C(F)(F)F)NCC(=O)N2. The maximum absolute atomic E-state index is 13.4. The molecule has 2 rings (SSSR count). The second-order valence-electron chi connectivity index (χ2n) is 4.04. The maximum Gasteiger partial charge on any atom is 0.408 e. The van der Waals surface area contributed by atoms with E-state index in [2.05, 4.69) is 10.6 Å². The van der Waals surface area contributed by atoms with Crippen LogP contribution in [0.4, 0.5) is 23.2 Å². The molecule has 0 aromatic heterocycles. The Morgan fingerprint density at radius 2 is 2.00 bits per heavy atom. The predicted molar refractivity (Wildman–Crippen MR) is 56.6 cm³/mol. The molecule has 1 atom stereocenters. The number of hydrogen-bond acceptors (Lipinski definition) is 2. The molecule has 7 heteroatoms. The van der Waals surface area contributed by atoms with Crippen molar-refractivity contribution in [3.05, 3.63) is 29.1 Å². The van der Waals surface area contributed by atoms with Crippen molar-refractivity contribution in [1.29, 1.82) is 0 Å². The van der Waals surface area contributed by atoms with Crippen LogP contribution in [0.1, 0.15) is 17.2 Å².